The van der Waals surface area contributed by atoms with Gasteiger partial charge in [-0.1, -0.05) is 6.42 Å². The summed E-state index contributed by atoms with van der Waals surface area (Å²) in [6, 6.07) is 3.75. The Kier molecular flexibility index (Phi) is 3.31. The predicted molar refractivity (Wildman–Crippen MR) is 70.6 cm³/mol. The number of nitrogens with zero attached hydrogens (tertiary/aromatic N) is 2. The largest absolute Gasteiger partial charge is 0.384 e. The molecule has 92 valence electrons. The normalized spacial score (nSPS) is 15.4. The van der Waals surface area contributed by atoms with Gasteiger partial charge in [0.05, 0.1) is 0 Å². The molecule has 0 bridgehead atoms. The first-order chi connectivity index (χ1) is 8.06. The van der Waals surface area contributed by atoms with Crippen molar-refractivity contribution in [2.75, 3.05) is 18.5 Å². The third-order valence-electron chi connectivity index (χ3n) is 3.40. The predicted octanol–water partition coefficient (Wildman–Crippen LogP) is 1.91. The van der Waals surface area contributed by atoms with Crippen LogP contribution in [-0.2, 0) is 0 Å². The maximum absolute atomic E-state index is 7.49. The molecule has 0 saturated heterocycles. The van der Waals surface area contributed by atoms with Crippen LogP contribution >= 0.6 is 0 Å². The number of pyridine rings is 1. The van der Waals surface area contributed by atoms with Gasteiger partial charge in [0.1, 0.15) is 11.7 Å². The zero-order chi connectivity index (χ0) is 12.4. The minimum atomic E-state index is 0.105. The van der Waals surface area contributed by atoms with Gasteiger partial charge in [-0.05, 0) is 37.8 Å². The van der Waals surface area contributed by atoms with Crippen molar-refractivity contribution < 1.29 is 0 Å². The number of nitrogens with two attached hydrogens (primary N) is 1. The molecule has 2 rings (SSSR count). The topological polar surface area (TPSA) is 66.0 Å². The molecule has 1 heterocycles. The lowest BCUT2D eigenvalue weighted by atomic mass is 9.85. The molecule has 1 aliphatic rings. The van der Waals surface area contributed by atoms with Gasteiger partial charge in [-0.2, -0.15) is 0 Å². The maximum Gasteiger partial charge on any atom is 0.129 e. The van der Waals surface area contributed by atoms with Crippen LogP contribution in [0.2, 0.25) is 0 Å². The van der Waals surface area contributed by atoms with E-state index in [1.165, 1.54) is 19.3 Å². The lowest BCUT2D eigenvalue weighted by Crippen LogP contribution is -2.30. The number of aryl methyl sites for hydroxylation is 1. The standard InChI is InChI=1S/C13H20N4/c1-9-6-11(13(14)15)7-12(16-9)17(2)8-10-4-3-5-10/h6-7,10H,3-5,8H2,1-2H3,(H3,14,15). The molecule has 4 nitrogen and oxygen atoms in total. The second-order valence-electron chi connectivity index (χ2n) is 4.95. The molecule has 1 aliphatic carbocycles. The molecule has 17 heavy (non-hydrogen) atoms. The van der Waals surface area contributed by atoms with Crippen molar-refractivity contribution >= 4 is 11.7 Å². The summed E-state index contributed by atoms with van der Waals surface area (Å²) in [7, 11) is 2.06. The Morgan fingerprint density at radius 1 is 1.53 bits per heavy atom. The molecule has 0 aliphatic heterocycles. The van der Waals surface area contributed by atoms with Crippen LogP contribution < -0.4 is 10.6 Å². The molecule has 3 N–H and O–H groups in total. The maximum atomic E-state index is 7.49. The van der Waals surface area contributed by atoms with E-state index in [4.69, 9.17) is 11.1 Å². The van der Waals surface area contributed by atoms with Crippen LogP contribution in [0.5, 0.6) is 0 Å². The number of anilines is 1. The van der Waals surface area contributed by atoms with Crippen molar-refractivity contribution in [3.8, 4) is 0 Å². The second kappa shape index (κ2) is 4.73. The minimum Gasteiger partial charge on any atom is -0.384 e. The fraction of sp³-hybridized carbons (Fsp3) is 0.538. The lowest BCUT2D eigenvalue weighted by Gasteiger charge is -2.31. The minimum absolute atomic E-state index is 0.105. The molecule has 1 aromatic rings. The lowest BCUT2D eigenvalue weighted by molar-refractivity contribution is 0.321. The van der Waals surface area contributed by atoms with Gasteiger partial charge in [0, 0.05) is 24.8 Å². The van der Waals surface area contributed by atoms with Crippen molar-refractivity contribution in [1.29, 1.82) is 5.41 Å². The Hall–Kier alpha value is -1.58. The molecule has 0 unspecified atom stereocenters. The zero-order valence-corrected chi connectivity index (χ0v) is 10.5. The van der Waals surface area contributed by atoms with E-state index in [1.807, 2.05) is 19.1 Å². The summed E-state index contributed by atoms with van der Waals surface area (Å²) in [5.41, 5.74) is 7.19. The van der Waals surface area contributed by atoms with Crippen molar-refractivity contribution in [1.82, 2.24) is 4.98 Å². The van der Waals surface area contributed by atoms with Crippen LogP contribution in [0.15, 0.2) is 12.1 Å². The van der Waals surface area contributed by atoms with E-state index in [1.54, 1.807) is 0 Å². The highest BCUT2D eigenvalue weighted by molar-refractivity contribution is 5.95. The Morgan fingerprint density at radius 3 is 2.76 bits per heavy atom. The summed E-state index contributed by atoms with van der Waals surface area (Å²) in [6.45, 7) is 2.99. The molecule has 0 radical (unpaired) electrons. The average Bonchev–Trinajstić information content (AvgIpc) is 2.22. The van der Waals surface area contributed by atoms with Gasteiger partial charge in [-0.3, -0.25) is 5.41 Å². The van der Waals surface area contributed by atoms with Crippen LogP contribution in [-0.4, -0.2) is 24.4 Å². The Bertz CT molecular complexity index is 423. The molecular weight excluding hydrogens is 212 g/mol. The smallest absolute Gasteiger partial charge is 0.129 e. The number of hydrogen-bond donors (Lipinski definition) is 2. The van der Waals surface area contributed by atoms with E-state index < -0.39 is 0 Å². The van der Waals surface area contributed by atoms with E-state index in [9.17, 15) is 0 Å². The highest BCUT2D eigenvalue weighted by Crippen LogP contribution is 2.28. The van der Waals surface area contributed by atoms with Gasteiger partial charge in [0.2, 0.25) is 0 Å². The molecule has 0 amide bonds. The zero-order valence-electron chi connectivity index (χ0n) is 10.5. The number of rotatable bonds is 4. The summed E-state index contributed by atoms with van der Waals surface area (Å²) in [5.74, 6) is 1.83. The van der Waals surface area contributed by atoms with Crippen LogP contribution in [0.25, 0.3) is 0 Å². The monoisotopic (exact) mass is 232 g/mol. The number of nitrogen functional groups attached to an aromatic ring is 1. The van der Waals surface area contributed by atoms with E-state index >= 15 is 0 Å². The number of hydrogen-bond acceptors (Lipinski definition) is 3. The summed E-state index contributed by atoms with van der Waals surface area (Å²) in [4.78, 5) is 6.67. The van der Waals surface area contributed by atoms with Crippen LogP contribution in [0.1, 0.15) is 30.5 Å². The fourth-order valence-electron chi connectivity index (χ4n) is 2.16. The van der Waals surface area contributed by atoms with Gasteiger partial charge < -0.3 is 10.6 Å². The van der Waals surface area contributed by atoms with E-state index in [2.05, 4.69) is 16.9 Å². The molecule has 1 saturated carbocycles. The Morgan fingerprint density at radius 2 is 2.24 bits per heavy atom. The van der Waals surface area contributed by atoms with E-state index in [-0.39, 0.29) is 5.84 Å². The van der Waals surface area contributed by atoms with Gasteiger partial charge >= 0.3 is 0 Å². The van der Waals surface area contributed by atoms with Crippen molar-refractivity contribution in [2.24, 2.45) is 11.7 Å². The van der Waals surface area contributed by atoms with Crippen LogP contribution in [0.3, 0.4) is 0 Å². The van der Waals surface area contributed by atoms with Crippen LogP contribution in [0, 0.1) is 18.3 Å². The first-order valence-electron chi connectivity index (χ1n) is 6.10. The molecule has 0 spiro atoms. The Balaban J connectivity index is 2.15. The number of aromatic nitrogens is 1. The second-order valence-corrected chi connectivity index (χ2v) is 4.95. The van der Waals surface area contributed by atoms with Gasteiger partial charge in [-0.25, -0.2) is 4.98 Å². The third-order valence-corrected chi connectivity index (χ3v) is 3.40. The molecule has 1 aromatic heterocycles. The summed E-state index contributed by atoms with van der Waals surface area (Å²) < 4.78 is 0. The highest BCUT2D eigenvalue weighted by atomic mass is 15.2. The quantitative estimate of drug-likeness (QED) is 0.615. The summed E-state index contributed by atoms with van der Waals surface area (Å²) in [6.07, 6.45) is 4.02. The SMILES string of the molecule is Cc1cc(C(=N)N)cc(N(C)CC2CCC2)n1. The molecule has 0 aromatic carbocycles. The fourth-order valence-corrected chi connectivity index (χ4v) is 2.16. The summed E-state index contributed by atoms with van der Waals surface area (Å²) >= 11 is 0. The first kappa shape index (κ1) is 11.9. The van der Waals surface area contributed by atoms with Crippen molar-refractivity contribution in [2.45, 2.75) is 26.2 Å². The molecule has 1 fully saturated rings. The Labute approximate surface area is 102 Å². The summed E-state index contributed by atoms with van der Waals surface area (Å²) in [5, 5.41) is 7.49. The van der Waals surface area contributed by atoms with Gasteiger partial charge in [-0.15, -0.1) is 0 Å². The number of amidine groups is 1. The highest BCUT2D eigenvalue weighted by Gasteiger charge is 2.20. The van der Waals surface area contributed by atoms with E-state index in [0.717, 1.165) is 29.5 Å². The van der Waals surface area contributed by atoms with Crippen molar-refractivity contribution in [3.05, 3.63) is 23.4 Å². The molecular formula is C13H20N4. The van der Waals surface area contributed by atoms with Gasteiger partial charge in [0.25, 0.3) is 0 Å². The van der Waals surface area contributed by atoms with Gasteiger partial charge in [0.15, 0.2) is 0 Å². The molecule has 4 heteroatoms. The number of nitrogens with one attached hydrogen (secondary N) is 1. The van der Waals surface area contributed by atoms with Crippen LogP contribution in [0.4, 0.5) is 5.82 Å². The average molecular weight is 232 g/mol. The van der Waals surface area contributed by atoms with E-state index in [0.29, 0.717) is 0 Å². The third kappa shape index (κ3) is 2.75. The van der Waals surface area contributed by atoms with Crippen molar-refractivity contribution in [3.63, 3.8) is 0 Å². The molecule has 0 atom stereocenters. The first-order valence-corrected chi connectivity index (χ1v) is 6.10.